The number of nitrogen functional groups attached to an aromatic ring is 1. The summed E-state index contributed by atoms with van der Waals surface area (Å²) in [5, 5.41) is 4.05. The Morgan fingerprint density at radius 2 is 2.14 bits per heavy atom. The summed E-state index contributed by atoms with van der Waals surface area (Å²) in [6.07, 6.45) is 1.89. The van der Waals surface area contributed by atoms with Crippen LogP contribution in [0.1, 0.15) is 11.4 Å². The average Bonchev–Trinajstić information content (AvgIpc) is 2.79. The zero-order chi connectivity index (χ0) is 15.6. The second-order valence-electron chi connectivity index (χ2n) is 4.62. The van der Waals surface area contributed by atoms with Crippen molar-refractivity contribution in [3.63, 3.8) is 0 Å². The quantitative estimate of drug-likeness (QED) is 0.776. The van der Waals surface area contributed by atoms with E-state index in [1.165, 1.54) is 17.9 Å². The lowest BCUT2D eigenvalue weighted by molar-refractivity contribution is 0.579. The standard InChI is InChI=1S/C12H16FN5O2S/c1-8-5-9(13)10(14)6-11(8)21(19,20)16-4-3-12-15-7-18(2)17-12/h5-7,16H,3-4,14H2,1-2H3. The van der Waals surface area contributed by atoms with Gasteiger partial charge < -0.3 is 5.73 Å². The number of nitrogens with one attached hydrogen (secondary N) is 1. The normalized spacial score (nSPS) is 11.8. The minimum atomic E-state index is -3.75. The molecule has 0 amide bonds. The Labute approximate surface area is 122 Å². The Bertz CT molecular complexity index is 757. The van der Waals surface area contributed by atoms with Crippen LogP contribution in [0, 0.1) is 12.7 Å². The van der Waals surface area contributed by atoms with Crippen LogP contribution in [-0.2, 0) is 23.5 Å². The summed E-state index contributed by atoms with van der Waals surface area (Å²) in [6.45, 7) is 1.65. The molecular weight excluding hydrogens is 297 g/mol. The molecule has 0 fully saturated rings. The lowest BCUT2D eigenvalue weighted by Gasteiger charge is -2.10. The number of anilines is 1. The Morgan fingerprint density at radius 1 is 1.43 bits per heavy atom. The highest BCUT2D eigenvalue weighted by molar-refractivity contribution is 7.89. The van der Waals surface area contributed by atoms with Crippen LogP contribution in [0.5, 0.6) is 0 Å². The molecule has 1 aromatic heterocycles. The fraction of sp³-hybridized carbons (Fsp3) is 0.333. The van der Waals surface area contributed by atoms with E-state index >= 15 is 0 Å². The van der Waals surface area contributed by atoms with Crippen molar-refractivity contribution in [3.8, 4) is 0 Å². The highest BCUT2D eigenvalue weighted by Gasteiger charge is 2.18. The number of hydrogen-bond acceptors (Lipinski definition) is 5. The van der Waals surface area contributed by atoms with Gasteiger partial charge in [0.05, 0.1) is 10.6 Å². The van der Waals surface area contributed by atoms with E-state index in [0.29, 0.717) is 17.8 Å². The maximum atomic E-state index is 13.3. The first-order chi connectivity index (χ1) is 9.79. The van der Waals surface area contributed by atoms with Crippen LogP contribution in [0.15, 0.2) is 23.4 Å². The molecule has 0 saturated carbocycles. The summed E-state index contributed by atoms with van der Waals surface area (Å²) in [6, 6.07) is 2.22. The summed E-state index contributed by atoms with van der Waals surface area (Å²) in [5.41, 5.74) is 5.51. The van der Waals surface area contributed by atoms with Gasteiger partial charge in [-0.15, -0.1) is 0 Å². The van der Waals surface area contributed by atoms with E-state index in [1.807, 2.05) is 0 Å². The van der Waals surface area contributed by atoms with Gasteiger partial charge >= 0.3 is 0 Å². The minimum absolute atomic E-state index is 0.0321. The van der Waals surface area contributed by atoms with Gasteiger partial charge in [-0.05, 0) is 24.6 Å². The predicted octanol–water partition coefficient (Wildman–Crippen LogP) is 0.366. The zero-order valence-corrected chi connectivity index (χ0v) is 12.5. The Balaban J connectivity index is 2.10. The summed E-state index contributed by atoms with van der Waals surface area (Å²) >= 11 is 0. The van der Waals surface area contributed by atoms with Gasteiger partial charge in [-0.2, -0.15) is 5.10 Å². The molecule has 9 heteroatoms. The molecule has 21 heavy (non-hydrogen) atoms. The molecule has 0 aliphatic carbocycles. The first kappa shape index (κ1) is 15.4. The van der Waals surface area contributed by atoms with Gasteiger partial charge in [0.2, 0.25) is 10.0 Å². The fourth-order valence-electron chi connectivity index (χ4n) is 1.83. The molecule has 3 N–H and O–H groups in total. The molecular formula is C12H16FN5O2S. The third-order valence-electron chi connectivity index (χ3n) is 2.87. The number of nitrogens with zero attached hydrogens (tertiary/aromatic N) is 3. The Kier molecular flexibility index (Phi) is 4.24. The van der Waals surface area contributed by atoms with Crippen LogP contribution in [0.25, 0.3) is 0 Å². The van der Waals surface area contributed by atoms with Gasteiger partial charge in [-0.25, -0.2) is 22.5 Å². The molecule has 1 heterocycles. The highest BCUT2D eigenvalue weighted by atomic mass is 32.2. The van der Waals surface area contributed by atoms with E-state index in [1.54, 1.807) is 7.05 Å². The molecule has 0 radical (unpaired) electrons. The number of halogens is 1. The molecule has 2 aromatic rings. The maximum absolute atomic E-state index is 13.3. The zero-order valence-electron chi connectivity index (χ0n) is 11.7. The summed E-state index contributed by atoms with van der Waals surface area (Å²) < 4.78 is 41.6. The van der Waals surface area contributed by atoms with Crippen molar-refractivity contribution < 1.29 is 12.8 Å². The van der Waals surface area contributed by atoms with Crippen LogP contribution in [0.3, 0.4) is 0 Å². The number of aromatic nitrogens is 3. The average molecular weight is 313 g/mol. The predicted molar refractivity (Wildman–Crippen MR) is 75.4 cm³/mol. The van der Waals surface area contributed by atoms with E-state index in [2.05, 4.69) is 14.8 Å². The molecule has 0 saturated heterocycles. The molecule has 7 nitrogen and oxygen atoms in total. The molecule has 0 bridgehead atoms. The second-order valence-corrected chi connectivity index (χ2v) is 6.36. The van der Waals surface area contributed by atoms with Crippen molar-refractivity contribution in [2.24, 2.45) is 7.05 Å². The smallest absolute Gasteiger partial charge is 0.240 e. The van der Waals surface area contributed by atoms with E-state index in [-0.39, 0.29) is 17.1 Å². The van der Waals surface area contributed by atoms with Gasteiger partial charge in [-0.1, -0.05) is 0 Å². The number of rotatable bonds is 5. The van der Waals surface area contributed by atoms with Crippen molar-refractivity contribution in [1.29, 1.82) is 0 Å². The minimum Gasteiger partial charge on any atom is -0.396 e. The van der Waals surface area contributed by atoms with Gasteiger partial charge in [-0.3, -0.25) is 4.68 Å². The molecule has 2 rings (SSSR count). The summed E-state index contributed by atoms with van der Waals surface area (Å²) in [7, 11) is -2.03. The molecule has 0 spiro atoms. The number of aryl methyl sites for hydroxylation is 2. The number of benzene rings is 1. The van der Waals surface area contributed by atoms with Crippen LogP contribution in [0.4, 0.5) is 10.1 Å². The second kappa shape index (κ2) is 5.78. The van der Waals surface area contributed by atoms with E-state index < -0.39 is 15.8 Å². The van der Waals surface area contributed by atoms with E-state index in [0.717, 1.165) is 12.1 Å². The van der Waals surface area contributed by atoms with E-state index in [9.17, 15) is 12.8 Å². The van der Waals surface area contributed by atoms with Gasteiger partial charge in [0.25, 0.3) is 0 Å². The van der Waals surface area contributed by atoms with Gasteiger partial charge in [0.1, 0.15) is 12.1 Å². The fourth-order valence-corrected chi connectivity index (χ4v) is 3.12. The van der Waals surface area contributed by atoms with Crippen molar-refractivity contribution in [1.82, 2.24) is 19.5 Å². The molecule has 0 unspecified atom stereocenters. The number of hydrogen-bond donors (Lipinski definition) is 2. The van der Waals surface area contributed by atoms with Crippen molar-refractivity contribution in [2.45, 2.75) is 18.2 Å². The topological polar surface area (TPSA) is 103 Å². The first-order valence-electron chi connectivity index (χ1n) is 6.19. The van der Waals surface area contributed by atoms with Crippen molar-refractivity contribution in [3.05, 3.63) is 35.7 Å². The number of nitrogens with two attached hydrogens (primary N) is 1. The number of sulfonamides is 1. The van der Waals surface area contributed by atoms with Crippen molar-refractivity contribution >= 4 is 15.7 Å². The Hall–Kier alpha value is -2.00. The molecule has 114 valence electrons. The summed E-state index contributed by atoms with van der Waals surface area (Å²) in [4.78, 5) is 3.97. The third-order valence-corrected chi connectivity index (χ3v) is 4.47. The monoisotopic (exact) mass is 313 g/mol. The van der Waals surface area contributed by atoms with E-state index in [4.69, 9.17) is 5.73 Å². The first-order valence-corrected chi connectivity index (χ1v) is 7.68. The molecule has 1 aromatic carbocycles. The van der Waals surface area contributed by atoms with Crippen LogP contribution in [0.2, 0.25) is 0 Å². The summed E-state index contributed by atoms with van der Waals surface area (Å²) in [5.74, 6) is -0.0975. The molecule has 0 aliphatic heterocycles. The van der Waals surface area contributed by atoms with Crippen molar-refractivity contribution in [2.75, 3.05) is 12.3 Å². The van der Waals surface area contributed by atoms with Crippen LogP contribution >= 0.6 is 0 Å². The largest absolute Gasteiger partial charge is 0.396 e. The van der Waals surface area contributed by atoms with Crippen LogP contribution < -0.4 is 10.5 Å². The third kappa shape index (κ3) is 3.56. The molecule has 0 atom stereocenters. The highest BCUT2D eigenvalue weighted by Crippen LogP contribution is 2.21. The lowest BCUT2D eigenvalue weighted by Crippen LogP contribution is -2.27. The Morgan fingerprint density at radius 3 is 2.76 bits per heavy atom. The SMILES string of the molecule is Cc1cc(F)c(N)cc1S(=O)(=O)NCCc1ncn(C)n1. The maximum Gasteiger partial charge on any atom is 0.240 e. The van der Waals surface area contributed by atoms with Crippen LogP contribution in [-0.4, -0.2) is 29.7 Å². The molecule has 0 aliphatic rings. The van der Waals surface area contributed by atoms with Gasteiger partial charge in [0, 0.05) is 20.0 Å². The lowest BCUT2D eigenvalue weighted by atomic mass is 10.2. The van der Waals surface area contributed by atoms with Gasteiger partial charge in [0.15, 0.2) is 5.82 Å².